The molecule has 0 unspecified atom stereocenters. The molecule has 0 bridgehead atoms. The van der Waals surface area contributed by atoms with Crippen LogP contribution >= 0.6 is 0 Å². The molecule has 3 heteroatoms. The van der Waals surface area contributed by atoms with Gasteiger partial charge in [0, 0.05) is 6.54 Å². The van der Waals surface area contributed by atoms with E-state index < -0.39 is 6.10 Å². The number of likely N-dealkylation sites (N-methyl/N-ethyl adjacent to an activating group) is 1. The van der Waals surface area contributed by atoms with E-state index in [9.17, 15) is 5.11 Å². The van der Waals surface area contributed by atoms with Crippen molar-refractivity contribution < 1.29 is 9.84 Å². The van der Waals surface area contributed by atoms with Crippen LogP contribution in [0.1, 0.15) is 11.7 Å². The number of nitrogens with one attached hydrogen (secondary N) is 1. The zero-order chi connectivity index (χ0) is 9.68. The van der Waals surface area contributed by atoms with Gasteiger partial charge in [-0.3, -0.25) is 0 Å². The third kappa shape index (κ3) is 2.72. The first-order valence-electron chi connectivity index (χ1n) is 4.24. The first-order chi connectivity index (χ1) is 6.27. The third-order valence-corrected chi connectivity index (χ3v) is 1.90. The number of rotatable bonds is 4. The van der Waals surface area contributed by atoms with Crippen LogP contribution in [0.25, 0.3) is 0 Å². The first-order valence-corrected chi connectivity index (χ1v) is 4.24. The summed E-state index contributed by atoms with van der Waals surface area (Å²) in [5.41, 5.74) is 0.898. The van der Waals surface area contributed by atoms with Crippen molar-refractivity contribution in [3.63, 3.8) is 0 Å². The lowest BCUT2D eigenvalue weighted by molar-refractivity contribution is 0.177. The molecule has 72 valence electrons. The maximum Gasteiger partial charge on any atom is 0.118 e. The molecular formula is C10H15NO2. The van der Waals surface area contributed by atoms with Crippen molar-refractivity contribution in [1.82, 2.24) is 5.32 Å². The SMILES string of the molecule is CNC[C@@H](O)c1ccc(OC)cc1. The lowest BCUT2D eigenvalue weighted by Gasteiger charge is -2.10. The number of methoxy groups -OCH3 is 1. The summed E-state index contributed by atoms with van der Waals surface area (Å²) in [4.78, 5) is 0. The summed E-state index contributed by atoms with van der Waals surface area (Å²) in [6, 6.07) is 7.41. The van der Waals surface area contributed by atoms with Crippen LogP contribution < -0.4 is 10.1 Å². The molecule has 1 rings (SSSR count). The van der Waals surface area contributed by atoms with Gasteiger partial charge in [0.2, 0.25) is 0 Å². The van der Waals surface area contributed by atoms with Crippen molar-refractivity contribution in [2.75, 3.05) is 20.7 Å². The second-order valence-electron chi connectivity index (χ2n) is 2.85. The number of hydrogen-bond donors (Lipinski definition) is 2. The number of ether oxygens (including phenoxy) is 1. The van der Waals surface area contributed by atoms with E-state index in [0.717, 1.165) is 11.3 Å². The van der Waals surface area contributed by atoms with Gasteiger partial charge in [-0.15, -0.1) is 0 Å². The summed E-state index contributed by atoms with van der Waals surface area (Å²) in [6.07, 6.45) is -0.448. The average Bonchev–Trinajstić information content (AvgIpc) is 2.18. The van der Waals surface area contributed by atoms with Crippen molar-refractivity contribution in [3.8, 4) is 5.75 Å². The molecule has 0 aliphatic carbocycles. The fraction of sp³-hybridized carbons (Fsp3) is 0.400. The van der Waals surface area contributed by atoms with Gasteiger partial charge >= 0.3 is 0 Å². The van der Waals surface area contributed by atoms with E-state index in [1.54, 1.807) is 7.11 Å². The predicted octanol–water partition coefficient (Wildman–Crippen LogP) is 0.948. The third-order valence-electron chi connectivity index (χ3n) is 1.90. The highest BCUT2D eigenvalue weighted by molar-refractivity contribution is 5.28. The summed E-state index contributed by atoms with van der Waals surface area (Å²) < 4.78 is 5.01. The van der Waals surface area contributed by atoms with Gasteiger partial charge in [0.1, 0.15) is 5.75 Å². The molecule has 1 aromatic carbocycles. The van der Waals surface area contributed by atoms with Gasteiger partial charge in [0.15, 0.2) is 0 Å². The first kappa shape index (κ1) is 10.0. The molecule has 0 aliphatic rings. The van der Waals surface area contributed by atoms with Gasteiger partial charge in [-0.2, -0.15) is 0 Å². The fourth-order valence-electron chi connectivity index (χ4n) is 1.14. The van der Waals surface area contributed by atoms with Crippen LogP contribution in [0.5, 0.6) is 5.75 Å². The van der Waals surface area contributed by atoms with Crippen molar-refractivity contribution in [2.24, 2.45) is 0 Å². The molecule has 1 aromatic rings. The Bertz CT molecular complexity index is 246. The van der Waals surface area contributed by atoms with Crippen LogP contribution in [-0.4, -0.2) is 25.8 Å². The minimum Gasteiger partial charge on any atom is -0.497 e. The summed E-state index contributed by atoms with van der Waals surface area (Å²) in [7, 11) is 3.44. The second kappa shape index (κ2) is 4.84. The topological polar surface area (TPSA) is 41.5 Å². The van der Waals surface area contributed by atoms with Crippen molar-refractivity contribution >= 4 is 0 Å². The maximum atomic E-state index is 9.58. The molecule has 1 atom stereocenters. The Labute approximate surface area is 78.3 Å². The van der Waals surface area contributed by atoms with Crippen molar-refractivity contribution in [1.29, 1.82) is 0 Å². The zero-order valence-corrected chi connectivity index (χ0v) is 7.95. The van der Waals surface area contributed by atoms with E-state index in [1.165, 1.54) is 0 Å². The molecule has 0 fully saturated rings. The Morgan fingerprint density at radius 2 is 2.00 bits per heavy atom. The van der Waals surface area contributed by atoms with E-state index in [-0.39, 0.29) is 0 Å². The van der Waals surface area contributed by atoms with Gasteiger partial charge < -0.3 is 15.2 Å². The molecule has 0 spiro atoms. The lowest BCUT2D eigenvalue weighted by Crippen LogP contribution is -2.16. The van der Waals surface area contributed by atoms with E-state index in [2.05, 4.69) is 5.32 Å². The number of aliphatic hydroxyl groups excluding tert-OH is 1. The lowest BCUT2D eigenvalue weighted by atomic mass is 10.1. The van der Waals surface area contributed by atoms with Crippen LogP contribution in [0, 0.1) is 0 Å². The van der Waals surface area contributed by atoms with Gasteiger partial charge in [0.05, 0.1) is 13.2 Å². The van der Waals surface area contributed by atoms with E-state index in [0.29, 0.717) is 6.54 Å². The van der Waals surface area contributed by atoms with Gasteiger partial charge in [-0.25, -0.2) is 0 Å². The second-order valence-corrected chi connectivity index (χ2v) is 2.85. The smallest absolute Gasteiger partial charge is 0.118 e. The molecule has 3 nitrogen and oxygen atoms in total. The van der Waals surface area contributed by atoms with Gasteiger partial charge in [-0.1, -0.05) is 12.1 Å². The summed E-state index contributed by atoms with van der Waals surface area (Å²) in [5.74, 6) is 0.806. The van der Waals surface area contributed by atoms with Crippen LogP contribution in [0.15, 0.2) is 24.3 Å². The molecule has 0 radical (unpaired) electrons. The summed E-state index contributed by atoms with van der Waals surface area (Å²) >= 11 is 0. The van der Waals surface area contributed by atoms with E-state index in [1.807, 2.05) is 31.3 Å². The zero-order valence-electron chi connectivity index (χ0n) is 7.95. The fourth-order valence-corrected chi connectivity index (χ4v) is 1.14. The standard InChI is InChI=1S/C10H15NO2/c1-11-7-10(12)8-3-5-9(13-2)6-4-8/h3-6,10-12H,7H2,1-2H3/t10-/m1/s1. The number of aliphatic hydroxyl groups is 1. The average molecular weight is 181 g/mol. The highest BCUT2D eigenvalue weighted by Crippen LogP contribution is 2.16. The Hall–Kier alpha value is -1.06. The van der Waals surface area contributed by atoms with Crippen LogP contribution in [0.2, 0.25) is 0 Å². The molecule has 0 heterocycles. The number of hydrogen-bond acceptors (Lipinski definition) is 3. The van der Waals surface area contributed by atoms with Crippen molar-refractivity contribution in [2.45, 2.75) is 6.10 Å². The Kier molecular flexibility index (Phi) is 3.73. The predicted molar refractivity (Wildman–Crippen MR) is 51.9 cm³/mol. The maximum absolute atomic E-state index is 9.58. The summed E-state index contributed by atoms with van der Waals surface area (Å²) in [6.45, 7) is 0.562. The molecule has 13 heavy (non-hydrogen) atoms. The molecule has 0 amide bonds. The van der Waals surface area contributed by atoms with Crippen LogP contribution in [0.4, 0.5) is 0 Å². The van der Waals surface area contributed by atoms with Crippen LogP contribution in [0.3, 0.4) is 0 Å². The molecule has 2 N–H and O–H groups in total. The molecule has 0 saturated carbocycles. The summed E-state index contributed by atoms with van der Waals surface area (Å²) in [5, 5.41) is 12.5. The Morgan fingerprint density at radius 1 is 1.38 bits per heavy atom. The molecule has 0 saturated heterocycles. The monoisotopic (exact) mass is 181 g/mol. The number of benzene rings is 1. The molecular weight excluding hydrogens is 166 g/mol. The highest BCUT2D eigenvalue weighted by atomic mass is 16.5. The van der Waals surface area contributed by atoms with Crippen LogP contribution in [-0.2, 0) is 0 Å². The van der Waals surface area contributed by atoms with E-state index >= 15 is 0 Å². The van der Waals surface area contributed by atoms with Gasteiger partial charge in [-0.05, 0) is 24.7 Å². The highest BCUT2D eigenvalue weighted by Gasteiger charge is 2.04. The molecule has 0 aliphatic heterocycles. The minimum atomic E-state index is -0.448. The van der Waals surface area contributed by atoms with Gasteiger partial charge in [0.25, 0.3) is 0 Å². The van der Waals surface area contributed by atoms with Crippen molar-refractivity contribution in [3.05, 3.63) is 29.8 Å². The normalized spacial score (nSPS) is 12.5. The Morgan fingerprint density at radius 3 is 2.46 bits per heavy atom. The quantitative estimate of drug-likeness (QED) is 0.726. The van der Waals surface area contributed by atoms with E-state index in [4.69, 9.17) is 4.74 Å². The minimum absolute atomic E-state index is 0.448. The molecule has 0 aromatic heterocycles. The Balaban J connectivity index is 2.67. The largest absolute Gasteiger partial charge is 0.497 e.